The molecule has 2 aromatic carbocycles. The van der Waals surface area contributed by atoms with Gasteiger partial charge in [-0.1, -0.05) is 54.6 Å². The van der Waals surface area contributed by atoms with Crippen LogP contribution < -0.4 is 5.32 Å². The highest BCUT2D eigenvalue weighted by molar-refractivity contribution is 5.76. The van der Waals surface area contributed by atoms with E-state index >= 15 is 0 Å². The number of nitrogens with one attached hydrogen (secondary N) is 1. The maximum atomic E-state index is 12.4. The number of hydrogen-bond donors (Lipinski definition) is 2. The van der Waals surface area contributed by atoms with Crippen LogP contribution in [-0.4, -0.2) is 35.1 Å². The first kappa shape index (κ1) is 16.1. The summed E-state index contributed by atoms with van der Waals surface area (Å²) in [7, 11) is 0. The highest BCUT2D eigenvalue weighted by Crippen LogP contribution is 2.33. The number of carboxylic acids is 1. The summed E-state index contributed by atoms with van der Waals surface area (Å²) in [5, 5.41) is 11.4. The minimum atomic E-state index is -0.915. The number of hydrogen-bond acceptors (Lipinski definition) is 2. The maximum Gasteiger partial charge on any atom is 0.317 e. The van der Waals surface area contributed by atoms with Gasteiger partial charge in [-0.05, 0) is 16.7 Å². The fraction of sp³-hybridized carbons (Fsp3) is 0.263. The molecule has 24 heavy (non-hydrogen) atoms. The van der Waals surface area contributed by atoms with E-state index in [1.165, 1.54) is 11.1 Å². The first-order valence-corrected chi connectivity index (χ1v) is 8.02. The number of urea groups is 1. The number of amides is 2. The van der Waals surface area contributed by atoms with E-state index in [0.29, 0.717) is 13.1 Å². The Morgan fingerprint density at radius 3 is 2.54 bits per heavy atom. The standard InChI is InChI=1S/C19H20N2O3/c22-18(23)10-11-20-19(24)21-12-15-8-4-5-9-16(15)17(13-21)14-6-2-1-3-7-14/h1-9,17H,10-13H2,(H,20,24)(H,22,23). The zero-order valence-electron chi connectivity index (χ0n) is 13.3. The van der Waals surface area contributed by atoms with E-state index in [1.54, 1.807) is 4.90 Å². The molecule has 0 saturated heterocycles. The highest BCUT2D eigenvalue weighted by Gasteiger charge is 2.28. The second kappa shape index (κ2) is 7.17. The van der Waals surface area contributed by atoms with Gasteiger partial charge in [0.25, 0.3) is 0 Å². The lowest BCUT2D eigenvalue weighted by Gasteiger charge is -2.35. The third kappa shape index (κ3) is 3.56. The summed E-state index contributed by atoms with van der Waals surface area (Å²) in [5.74, 6) is -0.789. The molecule has 0 saturated carbocycles. The number of nitrogens with zero attached hydrogens (tertiary/aromatic N) is 1. The number of rotatable bonds is 4. The number of carbonyl (C=O) groups excluding carboxylic acids is 1. The molecule has 1 heterocycles. The molecule has 3 rings (SSSR count). The van der Waals surface area contributed by atoms with Crippen molar-refractivity contribution >= 4 is 12.0 Å². The first-order valence-electron chi connectivity index (χ1n) is 8.02. The van der Waals surface area contributed by atoms with Gasteiger partial charge < -0.3 is 15.3 Å². The highest BCUT2D eigenvalue weighted by atomic mass is 16.4. The molecule has 0 aliphatic carbocycles. The molecule has 2 N–H and O–H groups in total. The molecular weight excluding hydrogens is 304 g/mol. The zero-order chi connectivity index (χ0) is 16.9. The topological polar surface area (TPSA) is 69.6 Å². The molecule has 5 heteroatoms. The lowest BCUT2D eigenvalue weighted by atomic mass is 9.85. The lowest BCUT2D eigenvalue weighted by molar-refractivity contribution is -0.136. The molecular formula is C19H20N2O3. The number of benzene rings is 2. The van der Waals surface area contributed by atoms with Crippen LogP contribution >= 0.6 is 0 Å². The van der Waals surface area contributed by atoms with Gasteiger partial charge in [-0.3, -0.25) is 4.79 Å². The average Bonchev–Trinajstić information content (AvgIpc) is 2.61. The SMILES string of the molecule is O=C(O)CCNC(=O)N1Cc2ccccc2C(c2ccccc2)C1. The van der Waals surface area contributed by atoms with Crippen molar-refractivity contribution in [3.05, 3.63) is 71.3 Å². The summed E-state index contributed by atoms with van der Waals surface area (Å²) < 4.78 is 0. The van der Waals surface area contributed by atoms with Crippen molar-refractivity contribution in [2.45, 2.75) is 18.9 Å². The van der Waals surface area contributed by atoms with Crippen LogP contribution in [0.15, 0.2) is 54.6 Å². The molecule has 1 aliphatic rings. The van der Waals surface area contributed by atoms with Gasteiger partial charge >= 0.3 is 12.0 Å². The molecule has 1 atom stereocenters. The Hall–Kier alpha value is -2.82. The Morgan fingerprint density at radius 2 is 1.79 bits per heavy atom. The summed E-state index contributed by atoms with van der Waals surface area (Å²) in [5.41, 5.74) is 3.55. The van der Waals surface area contributed by atoms with E-state index in [9.17, 15) is 9.59 Å². The molecule has 124 valence electrons. The number of carbonyl (C=O) groups is 2. The third-order valence-electron chi connectivity index (χ3n) is 4.30. The Balaban J connectivity index is 1.80. The van der Waals surface area contributed by atoms with Crippen molar-refractivity contribution in [3.8, 4) is 0 Å². The van der Waals surface area contributed by atoms with E-state index in [-0.39, 0.29) is 24.9 Å². The Labute approximate surface area is 140 Å². The van der Waals surface area contributed by atoms with Gasteiger partial charge in [0, 0.05) is 25.6 Å². The molecule has 2 amide bonds. The number of carboxylic acid groups (broad SMARTS) is 1. The van der Waals surface area contributed by atoms with Crippen LogP contribution in [0.4, 0.5) is 4.79 Å². The Kier molecular flexibility index (Phi) is 4.79. The predicted octanol–water partition coefficient (Wildman–Crippen LogP) is 2.82. The van der Waals surface area contributed by atoms with Gasteiger partial charge in [-0.15, -0.1) is 0 Å². The van der Waals surface area contributed by atoms with Crippen LogP contribution in [0.1, 0.15) is 29.0 Å². The molecule has 0 radical (unpaired) electrons. The van der Waals surface area contributed by atoms with Crippen LogP contribution in [0.3, 0.4) is 0 Å². The van der Waals surface area contributed by atoms with Gasteiger partial charge in [0.2, 0.25) is 0 Å². The van der Waals surface area contributed by atoms with Crippen LogP contribution in [0.25, 0.3) is 0 Å². The van der Waals surface area contributed by atoms with Crippen molar-refractivity contribution in [3.63, 3.8) is 0 Å². The molecule has 0 spiro atoms. The van der Waals surface area contributed by atoms with Crippen molar-refractivity contribution < 1.29 is 14.7 Å². The smallest absolute Gasteiger partial charge is 0.317 e. The molecule has 1 aliphatic heterocycles. The van der Waals surface area contributed by atoms with Crippen molar-refractivity contribution in [2.24, 2.45) is 0 Å². The summed E-state index contributed by atoms with van der Waals surface area (Å²) in [6.07, 6.45) is -0.0711. The largest absolute Gasteiger partial charge is 0.481 e. The second-order valence-corrected chi connectivity index (χ2v) is 5.92. The first-order chi connectivity index (χ1) is 11.6. The average molecular weight is 324 g/mol. The Bertz CT molecular complexity index is 730. The van der Waals surface area contributed by atoms with Crippen molar-refractivity contribution in [2.75, 3.05) is 13.1 Å². The summed E-state index contributed by atoms with van der Waals surface area (Å²) in [4.78, 5) is 24.7. The quantitative estimate of drug-likeness (QED) is 0.908. The minimum Gasteiger partial charge on any atom is -0.481 e. The number of fused-ring (bicyclic) bond motifs is 1. The van der Waals surface area contributed by atoms with Gasteiger partial charge in [-0.25, -0.2) is 4.79 Å². The summed E-state index contributed by atoms with van der Waals surface area (Å²) in [6.45, 7) is 1.26. The molecule has 0 aromatic heterocycles. The third-order valence-corrected chi connectivity index (χ3v) is 4.30. The van der Waals surface area contributed by atoms with Gasteiger partial charge in [0.05, 0.1) is 6.42 Å². The fourth-order valence-electron chi connectivity index (χ4n) is 3.12. The van der Waals surface area contributed by atoms with Crippen molar-refractivity contribution in [1.29, 1.82) is 0 Å². The normalized spacial score (nSPS) is 16.3. The van der Waals surface area contributed by atoms with Crippen LogP contribution in [0.2, 0.25) is 0 Å². The van der Waals surface area contributed by atoms with Crippen LogP contribution in [0.5, 0.6) is 0 Å². The predicted molar refractivity (Wildman–Crippen MR) is 90.8 cm³/mol. The van der Waals surface area contributed by atoms with E-state index < -0.39 is 5.97 Å². The zero-order valence-corrected chi connectivity index (χ0v) is 13.3. The summed E-state index contributed by atoms with van der Waals surface area (Å²) >= 11 is 0. The second-order valence-electron chi connectivity index (χ2n) is 5.92. The summed E-state index contributed by atoms with van der Waals surface area (Å²) in [6, 6.07) is 18.1. The molecule has 5 nitrogen and oxygen atoms in total. The fourth-order valence-corrected chi connectivity index (χ4v) is 3.12. The number of aliphatic carboxylic acids is 1. The molecule has 0 fully saturated rings. The minimum absolute atomic E-state index is 0.0711. The molecule has 0 bridgehead atoms. The maximum absolute atomic E-state index is 12.4. The molecule has 1 unspecified atom stereocenters. The molecule has 2 aromatic rings. The van der Waals surface area contributed by atoms with E-state index in [2.05, 4.69) is 23.5 Å². The monoisotopic (exact) mass is 324 g/mol. The van der Waals surface area contributed by atoms with E-state index in [1.807, 2.05) is 36.4 Å². The van der Waals surface area contributed by atoms with Gasteiger partial charge in [-0.2, -0.15) is 0 Å². The van der Waals surface area contributed by atoms with E-state index in [4.69, 9.17) is 5.11 Å². The lowest BCUT2D eigenvalue weighted by Crippen LogP contribution is -2.44. The van der Waals surface area contributed by atoms with Crippen LogP contribution in [-0.2, 0) is 11.3 Å². The van der Waals surface area contributed by atoms with Gasteiger partial charge in [0.1, 0.15) is 0 Å². The Morgan fingerprint density at radius 1 is 1.08 bits per heavy atom. The van der Waals surface area contributed by atoms with Gasteiger partial charge in [0.15, 0.2) is 0 Å². The van der Waals surface area contributed by atoms with E-state index in [0.717, 1.165) is 5.56 Å². The van der Waals surface area contributed by atoms with Crippen molar-refractivity contribution in [1.82, 2.24) is 10.2 Å². The van der Waals surface area contributed by atoms with Crippen LogP contribution in [0, 0.1) is 0 Å².